The van der Waals surface area contributed by atoms with Crippen LogP contribution in [0.15, 0.2) is 0 Å². The number of hydrogen-bond donors (Lipinski definition) is 0. The van der Waals surface area contributed by atoms with Crippen LogP contribution in [0.1, 0.15) is 13.8 Å². The molecule has 0 radical (unpaired) electrons. The van der Waals surface area contributed by atoms with E-state index in [0.29, 0.717) is 0 Å². The number of halogens is 10. The van der Waals surface area contributed by atoms with Crippen molar-refractivity contribution in [2.45, 2.75) is 43.5 Å². The van der Waals surface area contributed by atoms with E-state index in [1.807, 2.05) is 0 Å². The Labute approximate surface area is 93.9 Å². The van der Waals surface area contributed by atoms with E-state index >= 15 is 0 Å². The average Bonchev–Trinajstić information content (AvgIpc) is 2.14. The van der Waals surface area contributed by atoms with Crippen LogP contribution in [0.4, 0.5) is 43.9 Å². The van der Waals surface area contributed by atoms with Crippen LogP contribution in [-0.2, 0) is 0 Å². The van der Waals surface area contributed by atoms with Crippen molar-refractivity contribution in [3.05, 3.63) is 0 Å². The van der Waals surface area contributed by atoms with Crippen LogP contribution in [0.5, 0.6) is 0 Å². The minimum absolute atomic E-state index is 0.315. The van der Waals surface area contributed by atoms with Gasteiger partial charge in [0.1, 0.15) is 5.41 Å². The Bertz CT molecular complexity index is 249. The zero-order valence-corrected chi connectivity index (χ0v) is 8.78. The number of alkyl halides is 10. The van der Waals surface area contributed by atoms with Crippen molar-refractivity contribution < 1.29 is 43.9 Å². The zero-order chi connectivity index (χ0) is 15.0. The van der Waals surface area contributed by atoms with Crippen molar-refractivity contribution in [2.24, 2.45) is 5.41 Å². The summed E-state index contributed by atoms with van der Waals surface area (Å²) >= 11 is 0. The van der Waals surface area contributed by atoms with E-state index in [4.69, 9.17) is 0 Å². The van der Waals surface area contributed by atoms with Crippen LogP contribution >= 0.6 is 0 Å². The van der Waals surface area contributed by atoms with E-state index in [0.717, 1.165) is 0 Å². The van der Waals surface area contributed by atoms with Crippen LogP contribution in [0, 0.1) is 5.41 Å². The minimum Gasteiger partial charge on any atom is -0.199 e. The van der Waals surface area contributed by atoms with Gasteiger partial charge in [-0.3, -0.25) is 0 Å². The van der Waals surface area contributed by atoms with Gasteiger partial charge in [-0.25, -0.2) is 0 Å². The molecule has 1 rings (SSSR count). The molecule has 1 fully saturated rings. The Morgan fingerprint density at radius 3 is 0.778 bits per heavy atom. The molecule has 0 atom stereocenters. The standard InChI is InChI=1S/C8H6F10/c1-3(2)4(9,10)6(13,14)8(17,18)7(15,16)5(3,11)12/h1-2H3. The third-order valence-corrected chi connectivity index (χ3v) is 3.15. The molecule has 0 saturated heterocycles. The highest BCUT2D eigenvalue weighted by atomic mass is 19.4. The topological polar surface area (TPSA) is 0 Å². The molecule has 0 spiro atoms. The number of rotatable bonds is 0. The molecule has 0 aliphatic heterocycles. The van der Waals surface area contributed by atoms with Crippen LogP contribution in [0.3, 0.4) is 0 Å². The summed E-state index contributed by atoms with van der Waals surface area (Å²) in [5.74, 6) is -32.1. The molecule has 0 unspecified atom stereocenters. The molecule has 0 aromatic carbocycles. The first-order chi connectivity index (χ1) is 7.50. The van der Waals surface area contributed by atoms with Gasteiger partial charge < -0.3 is 0 Å². The maximum absolute atomic E-state index is 13.1. The Morgan fingerprint density at radius 1 is 0.389 bits per heavy atom. The summed E-state index contributed by atoms with van der Waals surface area (Å²) in [5.41, 5.74) is -4.35. The molecule has 108 valence electrons. The SMILES string of the molecule is CC1(C)C(F)(F)C(F)(F)C(F)(F)C(F)(F)C1(F)F. The summed E-state index contributed by atoms with van der Waals surface area (Å²) in [6.07, 6.45) is 0. The highest BCUT2D eigenvalue weighted by molar-refractivity contribution is 5.22. The normalized spacial score (nSPS) is 34.0. The van der Waals surface area contributed by atoms with E-state index in [1.165, 1.54) is 0 Å². The lowest BCUT2D eigenvalue weighted by Crippen LogP contribution is -2.80. The highest BCUT2D eigenvalue weighted by Gasteiger charge is 2.97. The summed E-state index contributed by atoms with van der Waals surface area (Å²) in [5, 5.41) is 0. The summed E-state index contributed by atoms with van der Waals surface area (Å²) in [4.78, 5) is 0. The van der Waals surface area contributed by atoms with Crippen LogP contribution in [-0.4, -0.2) is 29.6 Å². The molecule has 18 heavy (non-hydrogen) atoms. The second kappa shape index (κ2) is 3.06. The van der Waals surface area contributed by atoms with Gasteiger partial charge in [-0.2, -0.15) is 43.9 Å². The average molecular weight is 292 g/mol. The fourth-order valence-electron chi connectivity index (χ4n) is 1.57. The van der Waals surface area contributed by atoms with Gasteiger partial charge in [0.15, 0.2) is 0 Å². The Balaban J connectivity index is 3.72. The third kappa shape index (κ3) is 1.10. The fourth-order valence-corrected chi connectivity index (χ4v) is 1.57. The summed E-state index contributed by atoms with van der Waals surface area (Å²) in [6, 6.07) is 0. The van der Waals surface area contributed by atoms with E-state index in [1.54, 1.807) is 0 Å². The van der Waals surface area contributed by atoms with Gasteiger partial charge in [-0.15, -0.1) is 0 Å². The first-order valence-electron chi connectivity index (χ1n) is 4.39. The zero-order valence-electron chi connectivity index (χ0n) is 8.78. The van der Waals surface area contributed by atoms with Gasteiger partial charge in [-0.05, 0) is 13.8 Å². The molecular weight excluding hydrogens is 286 g/mol. The monoisotopic (exact) mass is 292 g/mol. The summed E-state index contributed by atoms with van der Waals surface area (Å²) in [7, 11) is 0. The van der Waals surface area contributed by atoms with Gasteiger partial charge in [0, 0.05) is 0 Å². The van der Waals surface area contributed by atoms with Crippen molar-refractivity contribution in [2.75, 3.05) is 0 Å². The molecule has 0 N–H and O–H groups in total. The summed E-state index contributed by atoms with van der Waals surface area (Å²) < 4.78 is 129. The molecule has 1 aliphatic rings. The van der Waals surface area contributed by atoms with Crippen molar-refractivity contribution >= 4 is 0 Å². The van der Waals surface area contributed by atoms with E-state index < -0.39 is 35.0 Å². The van der Waals surface area contributed by atoms with Crippen molar-refractivity contribution in [3.8, 4) is 0 Å². The molecule has 1 saturated carbocycles. The van der Waals surface area contributed by atoms with Gasteiger partial charge in [0.25, 0.3) is 0 Å². The Morgan fingerprint density at radius 2 is 0.556 bits per heavy atom. The molecule has 0 amide bonds. The smallest absolute Gasteiger partial charge is 0.199 e. The Hall–Kier alpha value is -0.700. The first kappa shape index (κ1) is 15.4. The Kier molecular flexibility index (Phi) is 2.61. The second-order valence-electron chi connectivity index (χ2n) is 4.50. The molecule has 10 heteroatoms. The lowest BCUT2D eigenvalue weighted by molar-refractivity contribution is -0.482. The van der Waals surface area contributed by atoms with Crippen molar-refractivity contribution in [3.63, 3.8) is 0 Å². The predicted octanol–water partition coefficient (Wildman–Crippen LogP) is 4.20. The quantitative estimate of drug-likeness (QED) is 0.587. The van der Waals surface area contributed by atoms with Gasteiger partial charge in [-0.1, -0.05) is 0 Å². The van der Waals surface area contributed by atoms with Crippen molar-refractivity contribution in [1.82, 2.24) is 0 Å². The second-order valence-corrected chi connectivity index (χ2v) is 4.50. The predicted molar refractivity (Wildman–Crippen MR) is 38.5 cm³/mol. The lowest BCUT2D eigenvalue weighted by Gasteiger charge is -2.53. The van der Waals surface area contributed by atoms with Crippen LogP contribution < -0.4 is 0 Å². The lowest BCUT2D eigenvalue weighted by atomic mass is 9.65. The van der Waals surface area contributed by atoms with E-state index in [-0.39, 0.29) is 13.8 Å². The molecule has 0 nitrogen and oxygen atoms in total. The highest BCUT2D eigenvalue weighted by Crippen LogP contribution is 2.71. The first-order valence-corrected chi connectivity index (χ1v) is 4.39. The van der Waals surface area contributed by atoms with Crippen LogP contribution in [0.2, 0.25) is 0 Å². The molecule has 0 aromatic heterocycles. The van der Waals surface area contributed by atoms with Gasteiger partial charge >= 0.3 is 29.6 Å². The minimum atomic E-state index is -6.87. The number of hydrogen-bond acceptors (Lipinski definition) is 0. The molecule has 0 heterocycles. The fraction of sp³-hybridized carbons (Fsp3) is 1.00. The maximum Gasteiger partial charge on any atom is 0.384 e. The summed E-state index contributed by atoms with van der Waals surface area (Å²) in [6.45, 7) is -0.631. The van der Waals surface area contributed by atoms with E-state index in [2.05, 4.69) is 0 Å². The van der Waals surface area contributed by atoms with Crippen molar-refractivity contribution in [1.29, 1.82) is 0 Å². The van der Waals surface area contributed by atoms with Crippen LogP contribution in [0.25, 0.3) is 0 Å². The van der Waals surface area contributed by atoms with Gasteiger partial charge in [0.05, 0.1) is 0 Å². The maximum atomic E-state index is 13.1. The largest absolute Gasteiger partial charge is 0.384 e. The third-order valence-electron chi connectivity index (χ3n) is 3.15. The van der Waals surface area contributed by atoms with E-state index in [9.17, 15) is 43.9 Å². The molecule has 0 aromatic rings. The van der Waals surface area contributed by atoms with Gasteiger partial charge in [0.2, 0.25) is 0 Å². The molecule has 0 bridgehead atoms. The molecule has 1 aliphatic carbocycles. The molecular formula is C8H6F10.